The molecule has 0 saturated carbocycles. The maximum atomic E-state index is 12.3. The Morgan fingerprint density at radius 2 is 1.89 bits per heavy atom. The van der Waals surface area contributed by atoms with Crippen molar-refractivity contribution in [2.45, 2.75) is 51.8 Å². The van der Waals surface area contributed by atoms with Gasteiger partial charge < -0.3 is 15.0 Å². The normalized spacial score (nSPS) is 24.8. The Morgan fingerprint density at radius 1 is 1.22 bits per heavy atom. The second kappa shape index (κ2) is 9.56. The topological polar surface area (TPSA) is 74.2 Å². The fourth-order valence-electron chi connectivity index (χ4n) is 3.77. The van der Waals surface area contributed by atoms with Crippen molar-refractivity contribution in [3.63, 3.8) is 0 Å². The number of nitrogens with zero attached hydrogens (tertiary/aromatic N) is 3. The number of ether oxygens (including phenoxy) is 1. The molecule has 0 spiro atoms. The molecule has 0 aliphatic carbocycles. The first-order valence-corrected chi connectivity index (χ1v) is 11.9. The Morgan fingerprint density at radius 3 is 2.44 bits per heavy atom. The van der Waals surface area contributed by atoms with E-state index in [0.717, 1.165) is 51.8 Å². The van der Waals surface area contributed by atoms with Gasteiger partial charge in [-0.05, 0) is 33.1 Å². The van der Waals surface area contributed by atoms with Gasteiger partial charge in [0.05, 0.1) is 30.3 Å². The highest BCUT2D eigenvalue weighted by atomic mass is 32.2. The molecule has 1 N–H and O–H groups in total. The Balaban J connectivity index is 2.12. The van der Waals surface area contributed by atoms with Crippen molar-refractivity contribution >= 4 is 15.8 Å². The van der Waals surface area contributed by atoms with Gasteiger partial charge in [0.15, 0.2) is 15.8 Å². The zero-order valence-electron chi connectivity index (χ0n) is 17.7. The van der Waals surface area contributed by atoms with Crippen molar-refractivity contribution in [2.75, 3.05) is 58.2 Å². The number of hydrogen-bond acceptors (Lipinski definition) is 5. The van der Waals surface area contributed by atoms with Gasteiger partial charge in [-0.1, -0.05) is 13.8 Å². The Hall–Kier alpha value is -0.860. The number of sulfone groups is 1. The molecule has 0 aromatic carbocycles. The van der Waals surface area contributed by atoms with Crippen molar-refractivity contribution in [1.29, 1.82) is 0 Å². The summed E-state index contributed by atoms with van der Waals surface area (Å²) in [6, 6.07) is 0.393. The van der Waals surface area contributed by atoms with Crippen molar-refractivity contribution < 1.29 is 13.2 Å². The van der Waals surface area contributed by atoms with E-state index >= 15 is 0 Å². The molecule has 1 unspecified atom stereocenters. The first kappa shape index (κ1) is 22.4. The van der Waals surface area contributed by atoms with E-state index in [-0.39, 0.29) is 5.75 Å². The molecule has 2 saturated heterocycles. The zero-order valence-corrected chi connectivity index (χ0v) is 18.5. The van der Waals surface area contributed by atoms with Crippen LogP contribution >= 0.6 is 0 Å². The number of rotatable bonds is 6. The summed E-state index contributed by atoms with van der Waals surface area (Å²) in [5.74, 6) is 1.63. The number of morpholine rings is 1. The second-order valence-corrected chi connectivity index (χ2v) is 11.4. The monoisotopic (exact) mass is 402 g/mol. The molecule has 0 amide bonds. The van der Waals surface area contributed by atoms with E-state index in [0.29, 0.717) is 25.0 Å². The van der Waals surface area contributed by atoms with E-state index in [1.165, 1.54) is 0 Å². The lowest BCUT2D eigenvalue weighted by molar-refractivity contribution is 0.0142. The first-order valence-electron chi connectivity index (χ1n) is 10.2. The molecule has 0 aromatic heterocycles. The minimum absolute atomic E-state index is 0.184. The Bertz CT molecular complexity index is 598. The zero-order chi connectivity index (χ0) is 20.1. The third-order valence-corrected chi connectivity index (χ3v) is 7.97. The predicted octanol–water partition coefficient (Wildman–Crippen LogP) is 1.21. The van der Waals surface area contributed by atoms with Gasteiger partial charge in [-0.25, -0.2) is 8.42 Å². The molecule has 2 fully saturated rings. The number of hydrogen-bond donors (Lipinski definition) is 1. The maximum absolute atomic E-state index is 12.3. The predicted molar refractivity (Wildman–Crippen MR) is 111 cm³/mol. The van der Waals surface area contributed by atoms with E-state index in [4.69, 9.17) is 9.73 Å². The largest absolute Gasteiger partial charge is 0.379 e. The van der Waals surface area contributed by atoms with Crippen LogP contribution in [0, 0.1) is 5.92 Å². The molecule has 0 aromatic rings. The summed E-state index contributed by atoms with van der Waals surface area (Å²) in [6.45, 7) is 16.1. The molecule has 1 atom stereocenters. The highest BCUT2D eigenvalue weighted by Crippen LogP contribution is 2.24. The fourth-order valence-corrected chi connectivity index (χ4v) is 5.13. The summed E-state index contributed by atoms with van der Waals surface area (Å²) in [5.41, 5.74) is 0. The van der Waals surface area contributed by atoms with Crippen LogP contribution in [0.4, 0.5) is 0 Å². The summed E-state index contributed by atoms with van der Waals surface area (Å²) in [7, 11) is -3.05. The summed E-state index contributed by atoms with van der Waals surface area (Å²) in [5, 5.41) is 3.37. The molecule has 27 heavy (non-hydrogen) atoms. The molecule has 158 valence electrons. The van der Waals surface area contributed by atoms with Gasteiger partial charge in [-0.2, -0.15) is 0 Å². The quantitative estimate of drug-likeness (QED) is 0.532. The maximum Gasteiger partial charge on any atom is 0.194 e. The van der Waals surface area contributed by atoms with Crippen molar-refractivity contribution in [2.24, 2.45) is 10.9 Å². The van der Waals surface area contributed by atoms with Crippen LogP contribution in [0.3, 0.4) is 0 Å². The second-order valence-electron chi connectivity index (χ2n) is 8.63. The molecule has 0 bridgehead atoms. The first-order chi connectivity index (χ1) is 12.7. The number of aliphatic imine (C=N–C) groups is 1. The lowest BCUT2D eigenvalue weighted by Gasteiger charge is -2.39. The van der Waals surface area contributed by atoms with Crippen molar-refractivity contribution in [3.05, 3.63) is 0 Å². The van der Waals surface area contributed by atoms with Crippen LogP contribution in [-0.4, -0.2) is 93.2 Å². The van der Waals surface area contributed by atoms with E-state index in [9.17, 15) is 8.42 Å². The minimum atomic E-state index is -3.05. The SMILES string of the molecule is CCNC(=NCC(CC(C)C)N1CCOCC1)N1CCS(=O)(=O)C(C)(C)C1. The molecular weight excluding hydrogens is 364 g/mol. The molecule has 2 rings (SSSR count). The molecule has 2 aliphatic heterocycles. The van der Waals surface area contributed by atoms with Crippen LogP contribution in [0.2, 0.25) is 0 Å². The summed E-state index contributed by atoms with van der Waals surface area (Å²) >= 11 is 0. The molecule has 2 heterocycles. The highest BCUT2D eigenvalue weighted by molar-refractivity contribution is 7.92. The van der Waals surface area contributed by atoms with Crippen LogP contribution in [0.5, 0.6) is 0 Å². The average molecular weight is 403 g/mol. The molecule has 8 heteroatoms. The minimum Gasteiger partial charge on any atom is -0.379 e. The average Bonchev–Trinajstić information content (AvgIpc) is 2.60. The van der Waals surface area contributed by atoms with Gasteiger partial charge in [0.1, 0.15) is 0 Å². The van der Waals surface area contributed by atoms with Gasteiger partial charge in [-0.3, -0.25) is 9.89 Å². The summed E-state index contributed by atoms with van der Waals surface area (Å²) in [6.07, 6.45) is 1.10. The van der Waals surface area contributed by atoms with E-state index < -0.39 is 14.6 Å². The van der Waals surface area contributed by atoms with Gasteiger partial charge in [0.2, 0.25) is 0 Å². The van der Waals surface area contributed by atoms with Crippen molar-refractivity contribution in [3.8, 4) is 0 Å². The number of guanidine groups is 1. The van der Waals surface area contributed by atoms with Crippen LogP contribution in [0.1, 0.15) is 41.0 Å². The fraction of sp³-hybridized carbons (Fsp3) is 0.947. The van der Waals surface area contributed by atoms with Gasteiger partial charge in [0.25, 0.3) is 0 Å². The standard InChI is InChI=1S/C19H38N4O3S/c1-6-20-18(23-9-12-27(24,25)19(4,5)15-23)21-14-17(13-16(2)3)22-7-10-26-11-8-22/h16-17H,6-15H2,1-5H3,(H,20,21). The molecule has 7 nitrogen and oxygen atoms in total. The van der Waals surface area contributed by atoms with Gasteiger partial charge in [-0.15, -0.1) is 0 Å². The number of nitrogens with one attached hydrogen (secondary N) is 1. The Labute approximate surface area is 165 Å². The van der Waals surface area contributed by atoms with Crippen LogP contribution in [0.15, 0.2) is 4.99 Å². The summed E-state index contributed by atoms with van der Waals surface area (Å²) < 4.78 is 29.4. The third-order valence-electron chi connectivity index (χ3n) is 5.44. The molecule has 2 aliphatic rings. The lowest BCUT2D eigenvalue weighted by atomic mass is 10.0. The molecule has 0 radical (unpaired) electrons. The van der Waals surface area contributed by atoms with Gasteiger partial charge in [0, 0.05) is 38.8 Å². The van der Waals surface area contributed by atoms with Crippen LogP contribution < -0.4 is 5.32 Å². The summed E-state index contributed by atoms with van der Waals surface area (Å²) in [4.78, 5) is 9.53. The van der Waals surface area contributed by atoms with Crippen LogP contribution in [-0.2, 0) is 14.6 Å². The third kappa shape index (κ3) is 6.06. The van der Waals surface area contributed by atoms with Crippen molar-refractivity contribution in [1.82, 2.24) is 15.1 Å². The van der Waals surface area contributed by atoms with E-state index in [2.05, 4.69) is 35.9 Å². The van der Waals surface area contributed by atoms with Crippen LogP contribution in [0.25, 0.3) is 0 Å². The van der Waals surface area contributed by atoms with E-state index in [1.807, 2.05) is 13.8 Å². The van der Waals surface area contributed by atoms with E-state index in [1.54, 1.807) is 0 Å². The van der Waals surface area contributed by atoms with Gasteiger partial charge >= 0.3 is 0 Å². The highest BCUT2D eigenvalue weighted by Gasteiger charge is 2.41. The smallest absolute Gasteiger partial charge is 0.194 e. The lowest BCUT2D eigenvalue weighted by Crippen LogP contribution is -2.57. The molecular formula is C19H38N4O3S. The Kier molecular flexibility index (Phi) is 7.94.